The number of hydrogen-bond donors (Lipinski definition) is 2. The van der Waals surface area contributed by atoms with Crippen LogP contribution >= 0.6 is 39.1 Å². The van der Waals surface area contributed by atoms with Gasteiger partial charge in [0.05, 0.1) is 5.02 Å². The van der Waals surface area contributed by atoms with Gasteiger partial charge in [-0.2, -0.15) is 0 Å². The van der Waals surface area contributed by atoms with Gasteiger partial charge in [0.1, 0.15) is 0 Å². The molecule has 1 aromatic rings. The third-order valence-electron chi connectivity index (χ3n) is 1.59. The Labute approximate surface area is 98.4 Å². The number of carboxylic acids is 1. The Morgan fingerprint density at radius 3 is 2.36 bits per heavy atom. The van der Waals surface area contributed by atoms with Crippen LogP contribution in [0.3, 0.4) is 0 Å². The molecule has 0 heterocycles. The molecule has 0 fully saturated rings. The van der Waals surface area contributed by atoms with E-state index in [4.69, 9.17) is 28.3 Å². The van der Waals surface area contributed by atoms with Gasteiger partial charge in [0.2, 0.25) is 0 Å². The number of hydrogen-bond acceptors (Lipinski definition) is 2. The minimum atomic E-state index is -1.68. The quantitative estimate of drug-likeness (QED) is 0.826. The van der Waals surface area contributed by atoms with Crippen molar-refractivity contribution in [3.63, 3.8) is 0 Å². The smallest absolute Gasteiger partial charge is 0.337 e. The van der Waals surface area contributed by atoms with Crippen LogP contribution in [0, 0.1) is 0 Å². The van der Waals surface area contributed by atoms with Crippen LogP contribution in [0.5, 0.6) is 0 Å². The van der Waals surface area contributed by atoms with Crippen LogP contribution in [0.15, 0.2) is 16.6 Å². The second-order valence-corrected chi connectivity index (χ2v) is 4.11. The standard InChI is InChI=1S/C8H5BrCl2O3/c9-6-4(11)2-1-3(10)5(6)7(12)8(13)14/h1-2,7,12H,(H,13,14). The third kappa shape index (κ3) is 2.20. The maximum Gasteiger partial charge on any atom is 0.337 e. The van der Waals surface area contributed by atoms with Crippen molar-refractivity contribution in [1.82, 2.24) is 0 Å². The Balaban J connectivity index is 3.32. The largest absolute Gasteiger partial charge is 0.479 e. The van der Waals surface area contributed by atoms with Crippen molar-refractivity contribution in [1.29, 1.82) is 0 Å². The molecule has 1 unspecified atom stereocenters. The Kier molecular flexibility index (Phi) is 3.78. The van der Waals surface area contributed by atoms with Crippen molar-refractivity contribution in [3.05, 3.63) is 32.2 Å². The Bertz CT molecular complexity index is 381. The summed E-state index contributed by atoms with van der Waals surface area (Å²) in [5.74, 6) is -1.38. The van der Waals surface area contributed by atoms with Crippen LogP contribution in [0.2, 0.25) is 10.0 Å². The maximum atomic E-state index is 10.5. The van der Waals surface area contributed by atoms with E-state index < -0.39 is 12.1 Å². The molecule has 0 saturated heterocycles. The van der Waals surface area contributed by atoms with Gasteiger partial charge in [0.15, 0.2) is 6.10 Å². The molecule has 76 valence electrons. The van der Waals surface area contributed by atoms with E-state index >= 15 is 0 Å². The first-order valence-corrected chi connectivity index (χ1v) is 5.04. The second kappa shape index (κ2) is 4.49. The number of carboxylic acid groups (broad SMARTS) is 1. The molecule has 0 spiro atoms. The zero-order valence-corrected chi connectivity index (χ0v) is 9.77. The average molecular weight is 300 g/mol. The van der Waals surface area contributed by atoms with E-state index in [2.05, 4.69) is 15.9 Å². The molecule has 0 aromatic heterocycles. The summed E-state index contributed by atoms with van der Waals surface area (Å²) in [5.41, 5.74) is 0.0617. The number of rotatable bonds is 2. The highest BCUT2D eigenvalue weighted by Crippen LogP contribution is 2.35. The lowest BCUT2D eigenvalue weighted by molar-refractivity contribution is -0.147. The SMILES string of the molecule is O=C(O)C(O)c1c(Cl)ccc(Cl)c1Br. The average Bonchev–Trinajstić information content (AvgIpc) is 2.12. The first kappa shape index (κ1) is 11.8. The molecule has 0 bridgehead atoms. The molecule has 0 radical (unpaired) electrons. The molecule has 0 aliphatic heterocycles. The first-order chi connectivity index (χ1) is 6.45. The third-order valence-corrected chi connectivity index (χ3v) is 3.31. The number of benzene rings is 1. The molecule has 0 aliphatic rings. The minimum absolute atomic E-state index is 0.0617. The molecule has 3 nitrogen and oxygen atoms in total. The Hall–Kier alpha value is -0.290. The number of halogens is 3. The second-order valence-electron chi connectivity index (χ2n) is 2.50. The van der Waals surface area contributed by atoms with Gasteiger partial charge >= 0.3 is 5.97 Å². The van der Waals surface area contributed by atoms with Crippen LogP contribution in [0.1, 0.15) is 11.7 Å². The van der Waals surface area contributed by atoms with Crippen LogP contribution in [-0.4, -0.2) is 16.2 Å². The van der Waals surface area contributed by atoms with Crippen molar-refractivity contribution in [2.75, 3.05) is 0 Å². The van der Waals surface area contributed by atoms with E-state index in [1.807, 2.05) is 0 Å². The lowest BCUT2D eigenvalue weighted by atomic mass is 10.1. The van der Waals surface area contributed by atoms with Gasteiger partial charge < -0.3 is 10.2 Å². The van der Waals surface area contributed by atoms with E-state index in [1.165, 1.54) is 12.1 Å². The highest BCUT2D eigenvalue weighted by atomic mass is 79.9. The van der Waals surface area contributed by atoms with Gasteiger partial charge in [0.25, 0.3) is 0 Å². The van der Waals surface area contributed by atoms with E-state index in [0.29, 0.717) is 9.50 Å². The molecule has 2 N–H and O–H groups in total. The molecule has 1 aromatic carbocycles. The summed E-state index contributed by atoms with van der Waals surface area (Å²) >= 11 is 14.5. The monoisotopic (exact) mass is 298 g/mol. The number of carbonyl (C=O) groups is 1. The molecule has 0 saturated carbocycles. The molecule has 6 heteroatoms. The van der Waals surface area contributed by atoms with Crippen LogP contribution in [0.4, 0.5) is 0 Å². The van der Waals surface area contributed by atoms with Gasteiger partial charge in [0, 0.05) is 15.1 Å². The topological polar surface area (TPSA) is 57.5 Å². The van der Waals surface area contributed by atoms with Crippen LogP contribution in [-0.2, 0) is 4.79 Å². The Morgan fingerprint density at radius 2 is 1.86 bits per heavy atom. The van der Waals surface area contributed by atoms with Crippen molar-refractivity contribution in [3.8, 4) is 0 Å². The van der Waals surface area contributed by atoms with E-state index in [1.54, 1.807) is 0 Å². The summed E-state index contributed by atoms with van der Waals surface area (Å²) in [6.45, 7) is 0. The minimum Gasteiger partial charge on any atom is -0.479 e. The normalized spacial score (nSPS) is 12.6. The molecular weight excluding hydrogens is 295 g/mol. The van der Waals surface area contributed by atoms with Gasteiger partial charge in [-0.05, 0) is 28.1 Å². The number of aliphatic hydroxyl groups is 1. The van der Waals surface area contributed by atoms with Crippen molar-refractivity contribution < 1.29 is 15.0 Å². The van der Waals surface area contributed by atoms with Gasteiger partial charge in [-0.15, -0.1) is 0 Å². The summed E-state index contributed by atoms with van der Waals surface area (Å²) in [5, 5.41) is 18.4. The fourth-order valence-corrected chi connectivity index (χ4v) is 2.02. The van der Waals surface area contributed by atoms with E-state index in [0.717, 1.165) is 0 Å². The van der Waals surface area contributed by atoms with Crippen molar-refractivity contribution >= 4 is 45.1 Å². The maximum absolute atomic E-state index is 10.5. The van der Waals surface area contributed by atoms with Gasteiger partial charge in [-0.25, -0.2) is 4.79 Å². The lowest BCUT2D eigenvalue weighted by Crippen LogP contribution is -2.11. The molecule has 1 rings (SSSR count). The molecular formula is C8H5BrCl2O3. The van der Waals surface area contributed by atoms with Gasteiger partial charge in [-0.3, -0.25) is 0 Å². The van der Waals surface area contributed by atoms with Gasteiger partial charge in [-0.1, -0.05) is 23.2 Å². The van der Waals surface area contributed by atoms with Crippen molar-refractivity contribution in [2.24, 2.45) is 0 Å². The zero-order chi connectivity index (χ0) is 10.9. The van der Waals surface area contributed by atoms with E-state index in [9.17, 15) is 9.90 Å². The summed E-state index contributed by atoms with van der Waals surface area (Å²) < 4.78 is 0.293. The van der Waals surface area contributed by atoms with Crippen LogP contribution < -0.4 is 0 Å². The first-order valence-electron chi connectivity index (χ1n) is 3.49. The highest BCUT2D eigenvalue weighted by molar-refractivity contribution is 9.10. The fourth-order valence-electron chi connectivity index (χ4n) is 0.917. The summed E-state index contributed by atoms with van der Waals surface area (Å²) in [4.78, 5) is 10.5. The molecule has 0 amide bonds. The highest BCUT2D eigenvalue weighted by Gasteiger charge is 2.23. The predicted octanol–water partition coefficient (Wildman–Crippen LogP) is 2.87. The van der Waals surface area contributed by atoms with Crippen molar-refractivity contribution in [2.45, 2.75) is 6.10 Å². The van der Waals surface area contributed by atoms with Crippen LogP contribution in [0.25, 0.3) is 0 Å². The summed E-state index contributed by atoms with van der Waals surface area (Å²) in [7, 11) is 0. The zero-order valence-electron chi connectivity index (χ0n) is 6.67. The summed E-state index contributed by atoms with van der Waals surface area (Å²) in [6.07, 6.45) is -1.68. The molecule has 1 atom stereocenters. The fraction of sp³-hybridized carbons (Fsp3) is 0.125. The Morgan fingerprint density at radius 1 is 1.36 bits per heavy atom. The summed E-state index contributed by atoms with van der Waals surface area (Å²) in [6, 6.07) is 2.93. The lowest BCUT2D eigenvalue weighted by Gasteiger charge is -2.11. The number of aliphatic hydroxyl groups excluding tert-OH is 1. The number of aliphatic carboxylic acids is 1. The molecule has 0 aliphatic carbocycles. The van der Waals surface area contributed by atoms with E-state index in [-0.39, 0.29) is 10.6 Å². The predicted molar refractivity (Wildman–Crippen MR) is 56.8 cm³/mol. The molecule has 14 heavy (non-hydrogen) atoms.